The van der Waals surface area contributed by atoms with Gasteiger partial charge >= 0.3 is 0 Å². The number of hydrogen-bond donors (Lipinski definition) is 1. The summed E-state index contributed by atoms with van der Waals surface area (Å²) in [5.74, 6) is 0.888. The fourth-order valence-electron chi connectivity index (χ4n) is 2.19. The number of nitrogens with one attached hydrogen (secondary N) is 1. The lowest BCUT2D eigenvalue weighted by atomic mass is 9.90. The summed E-state index contributed by atoms with van der Waals surface area (Å²) >= 11 is 0. The molecule has 0 radical (unpaired) electrons. The summed E-state index contributed by atoms with van der Waals surface area (Å²) in [6.45, 7) is 9.33. The van der Waals surface area contributed by atoms with Gasteiger partial charge in [0, 0.05) is 12.1 Å². The van der Waals surface area contributed by atoms with E-state index in [2.05, 4.69) is 38.0 Å². The summed E-state index contributed by atoms with van der Waals surface area (Å²) < 4.78 is 0. The Morgan fingerprint density at radius 3 is 2.15 bits per heavy atom. The van der Waals surface area contributed by atoms with Crippen LogP contribution in [-0.4, -0.2) is 37.1 Å². The van der Waals surface area contributed by atoms with Crippen LogP contribution < -0.4 is 5.32 Å². The van der Waals surface area contributed by atoms with Crippen LogP contribution in [0.15, 0.2) is 0 Å². The summed E-state index contributed by atoms with van der Waals surface area (Å²) in [4.78, 5) is 2.43. The fraction of sp³-hybridized carbons (Fsp3) is 1.00. The van der Waals surface area contributed by atoms with Crippen molar-refractivity contribution in [3.63, 3.8) is 0 Å². The van der Waals surface area contributed by atoms with Crippen molar-refractivity contribution in [1.82, 2.24) is 10.2 Å². The van der Waals surface area contributed by atoms with Crippen molar-refractivity contribution in [1.29, 1.82) is 0 Å². The predicted octanol–water partition coefficient (Wildman–Crippen LogP) is 1.71. The van der Waals surface area contributed by atoms with Crippen molar-refractivity contribution in [2.24, 2.45) is 5.92 Å². The van der Waals surface area contributed by atoms with E-state index in [1.165, 1.54) is 25.9 Å². The van der Waals surface area contributed by atoms with E-state index in [1.54, 1.807) is 0 Å². The second-order valence-electron chi connectivity index (χ2n) is 4.75. The minimum atomic E-state index is 0.620. The molecule has 0 amide bonds. The van der Waals surface area contributed by atoms with Crippen LogP contribution in [-0.2, 0) is 0 Å². The second kappa shape index (κ2) is 4.97. The van der Waals surface area contributed by atoms with Gasteiger partial charge in [-0.2, -0.15) is 0 Å². The average Bonchev–Trinajstić information content (AvgIpc) is 2.04. The van der Waals surface area contributed by atoms with Crippen LogP contribution in [0, 0.1) is 5.92 Å². The Bertz CT molecular complexity index is 137. The molecule has 1 fully saturated rings. The van der Waals surface area contributed by atoms with Gasteiger partial charge in [0.05, 0.1) is 0 Å². The van der Waals surface area contributed by atoms with E-state index in [0.29, 0.717) is 12.1 Å². The first-order valence-electron chi connectivity index (χ1n) is 5.54. The zero-order chi connectivity index (χ0) is 9.84. The Balaban J connectivity index is 2.27. The normalized spacial score (nSPS) is 23.8. The Kier molecular flexibility index (Phi) is 4.20. The van der Waals surface area contributed by atoms with Crippen molar-refractivity contribution in [2.45, 2.75) is 45.7 Å². The van der Waals surface area contributed by atoms with E-state index in [0.717, 1.165) is 5.92 Å². The topological polar surface area (TPSA) is 15.3 Å². The molecule has 13 heavy (non-hydrogen) atoms. The molecule has 1 aliphatic heterocycles. The van der Waals surface area contributed by atoms with Crippen LogP contribution in [0.25, 0.3) is 0 Å². The Morgan fingerprint density at radius 2 is 1.69 bits per heavy atom. The average molecular weight is 184 g/mol. The van der Waals surface area contributed by atoms with Crippen LogP contribution in [0.1, 0.15) is 33.6 Å². The van der Waals surface area contributed by atoms with Gasteiger partial charge in [0.25, 0.3) is 0 Å². The van der Waals surface area contributed by atoms with Crippen molar-refractivity contribution in [3.05, 3.63) is 0 Å². The monoisotopic (exact) mass is 184 g/mol. The van der Waals surface area contributed by atoms with E-state index in [4.69, 9.17) is 0 Å². The van der Waals surface area contributed by atoms with Gasteiger partial charge in [0.1, 0.15) is 0 Å². The Labute approximate surface area is 82.7 Å². The Morgan fingerprint density at radius 1 is 1.15 bits per heavy atom. The summed E-state index contributed by atoms with van der Waals surface area (Å²) in [7, 11) is 2.22. The zero-order valence-corrected chi connectivity index (χ0v) is 9.51. The van der Waals surface area contributed by atoms with Gasteiger partial charge in [-0.15, -0.1) is 0 Å². The molecule has 1 unspecified atom stereocenters. The highest BCUT2D eigenvalue weighted by Crippen LogP contribution is 2.19. The number of hydrogen-bond acceptors (Lipinski definition) is 2. The highest BCUT2D eigenvalue weighted by atomic mass is 15.1. The number of piperidine rings is 1. The molecule has 1 saturated heterocycles. The maximum atomic E-state index is 3.61. The number of likely N-dealkylation sites (tertiary alicyclic amines) is 1. The highest BCUT2D eigenvalue weighted by molar-refractivity contribution is 4.79. The Hall–Kier alpha value is -0.0800. The highest BCUT2D eigenvalue weighted by Gasteiger charge is 2.22. The smallest absolute Gasteiger partial charge is 0.00703 e. The van der Waals surface area contributed by atoms with Crippen molar-refractivity contribution in [3.8, 4) is 0 Å². The predicted molar refractivity (Wildman–Crippen MR) is 58.0 cm³/mol. The van der Waals surface area contributed by atoms with E-state index in [9.17, 15) is 0 Å². The number of nitrogens with zero attached hydrogens (tertiary/aromatic N) is 1. The molecule has 0 aliphatic carbocycles. The molecule has 2 heteroatoms. The molecule has 0 aromatic heterocycles. The van der Waals surface area contributed by atoms with Crippen LogP contribution >= 0.6 is 0 Å². The molecule has 1 rings (SSSR count). The van der Waals surface area contributed by atoms with E-state index in [1.807, 2.05) is 0 Å². The standard InChI is InChI=1S/C11H24N2/c1-9(2)12-10(3)11-5-7-13(4)8-6-11/h9-12H,5-8H2,1-4H3. The molecule has 0 spiro atoms. The van der Waals surface area contributed by atoms with Crippen LogP contribution in [0.4, 0.5) is 0 Å². The van der Waals surface area contributed by atoms with Crippen molar-refractivity contribution < 1.29 is 0 Å². The molecule has 1 atom stereocenters. The first kappa shape index (κ1) is 11.0. The summed E-state index contributed by atoms with van der Waals surface area (Å²) in [6.07, 6.45) is 2.72. The largest absolute Gasteiger partial charge is 0.312 e. The molecule has 1 aliphatic rings. The molecular formula is C11H24N2. The van der Waals surface area contributed by atoms with Gasteiger partial charge in [-0.1, -0.05) is 13.8 Å². The SMILES string of the molecule is CC(C)NC(C)C1CCN(C)CC1. The lowest BCUT2D eigenvalue weighted by Crippen LogP contribution is -2.43. The quantitative estimate of drug-likeness (QED) is 0.718. The van der Waals surface area contributed by atoms with Crippen LogP contribution in [0.5, 0.6) is 0 Å². The van der Waals surface area contributed by atoms with Gasteiger partial charge in [0.15, 0.2) is 0 Å². The van der Waals surface area contributed by atoms with Gasteiger partial charge in [-0.25, -0.2) is 0 Å². The molecule has 1 heterocycles. The maximum absolute atomic E-state index is 3.61. The molecule has 2 nitrogen and oxygen atoms in total. The molecule has 78 valence electrons. The third-order valence-electron chi connectivity index (χ3n) is 3.07. The summed E-state index contributed by atoms with van der Waals surface area (Å²) in [5.41, 5.74) is 0. The molecule has 0 aromatic carbocycles. The summed E-state index contributed by atoms with van der Waals surface area (Å²) in [6, 6.07) is 1.31. The van der Waals surface area contributed by atoms with Gasteiger partial charge in [0.2, 0.25) is 0 Å². The van der Waals surface area contributed by atoms with Gasteiger partial charge in [-0.05, 0) is 45.8 Å². The van der Waals surface area contributed by atoms with E-state index in [-0.39, 0.29) is 0 Å². The number of rotatable bonds is 3. The molecule has 0 bridgehead atoms. The third kappa shape index (κ3) is 3.65. The van der Waals surface area contributed by atoms with E-state index >= 15 is 0 Å². The molecule has 0 aromatic rings. The first-order valence-corrected chi connectivity index (χ1v) is 5.54. The lowest BCUT2D eigenvalue weighted by Gasteiger charge is -2.34. The second-order valence-corrected chi connectivity index (χ2v) is 4.75. The maximum Gasteiger partial charge on any atom is 0.00703 e. The van der Waals surface area contributed by atoms with E-state index < -0.39 is 0 Å². The molecule has 0 saturated carbocycles. The minimum absolute atomic E-state index is 0.620. The third-order valence-corrected chi connectivity index (χ3v) is 3.07. The molecular weight excluding hydrogens is 160 g/mol. The lowest BCUT2D eigenvalue weighted by molar-refractivity contribution is 0.186. The van der Waals surface area contributed by atoms with Crippen molar-refractivity contribution >= 4 is 0 Å². The zero-order valence-electron chi connectivity index (χ0n) is 9.51. The summed E-state index contributed by atoms with van der Waals surface area (Å²) in [5, 5.41) is 3.61. The fourth-order valence-corrected chi connectivity index (χ4v) is 2.19. The van der Waals surface area contributed by atoms with Crippen molar-refractivity contribution in [2.75, 3.05) is 20.1 Å². The van der Waals surface area contributed by atoms with Gasteiger partial charge < -0.3 is 10.2 Å². The molecule has 1 N–H and O–H groups in total. The minimum Gasteiger partial charge on any atom is -0.312 e. The van der Waals surface area contributed by atoms with Crippen LogP contribution in [0.3, 0.4) is 0 Å². The first-order chi connectivity index (χ1) is 6.09. The van der Waals surface area contributed by atoms with Gasteiger partial charge in [-0.3, -0.25) is 0 Å². The van der Waals surface area contributed by atoms with Crippen LogP contribution in [0.2, 0.25) is 0 Å².